The molecule has 3 unspecified atom stereocenters. The highest BCUT2D eigenvalue weighted by Gasteiger charge is 2.61. The fraction of sp³-hybridized carbons (Fsp3) is 0.950. The van der Waals surface area contributed by atoms with Crippen molar-refractivity contribution in [1.29, 1.82) is 0 Å². The quantitative estimate of drug-likeness (QED) is 0.654. The standard InChI is InChI=1S/C20H34O2/c1-5-6-14-7-9-15(10-8-14)18(21)22-17-13-20(4)12-11-16(17)19(20,2)3/h14-17H,5-13H2,1-4H3. The van der Waals surface area contributed by atoms with Gasteiger partial charge in [0, 0.05) is 5.92 Å². The van der Waals surface area contributed by atoms with Crippen LogP contribution in [0.25, 0.3) is 0 Å². The van der Waals surface area contributed by atoms with E-state index in [0.29, 0.717) is 16.7 Å². The number of ether oxygens (including phenoxy) is 1. The molecule has 22 heavy (non-hydrogen) atoms. The molecule has 0 spiro atoms. The van der Waals surface area contributed by atoms with Gasteiger partial charge in [0.15, 0.2) is 0 Å². The van der Waals surface area contributed by atoms with E-state index in [4.69, 9.17) is 4.74 Å². The Morgan fingerprint density at radius 3 is 2.27 bits per heavy atom. The normalized spacial score (nSPS) is 43.3. The molecule has 3 atom stereocenters. The predicted molar refractivity (Wildman–Crippen MR) is 89.5 cm³/mol. The van der Waals surface area contributed by atoms with Crippen LogP contribution >= 0.6 is 0 Å². The number of hydrogen-bond donors (Lipinski definition) is 0. The molecule has 0 aromatic rings. The molecule has 0 aliphatic heterocycles. The smallest absolute Gasteiger partial charge is 0.309 e. The minimum absolute atomic E-state index is 0.117. The first-order chi connectivity index (χ1) is 10.4. The number of esters is 1. The van der Waals surface area contributed by atoms with E-state index >= 15 is 0 Å². The van der Waals surface area contributed by atoms with Crippen LogP contribution < -0.4 is 0 Å². The highest BCUT2D eigenvalue weighted by molar-refractivity contribution is 5.72. The van der Waals surface area contributed by atoms with Crippen molar-refractivity contribution in [3.63, 3.8) is 0 Å². The van der Waals surface area contributed by atoms with Gasteiger partial charge in [-0.05, 0) is 61.7 Å². The number of hydrogen-bond acceptors (Lipinski definition) is 2. The molecule has 0 heterocycles. The van der Waals surface area contributed by atoms with Gasteiger partial charge >= 0.3 is 5.97 Å². The van der Waals surface area contributed by atoms with Gasteiger partial charge in [0.05, 0.1) is 5.92 Å². The Balaban J connectivity index is 1.54. The van der Waals surface area contributed by atoms with Gasteiger partial charge in [-0.3, -0.25) is 4.79 Å². The van der Waals surface area contributed by atoms with Gasteiger partial charge in [-0.1, -0.05) is 40.5 Å². The Kier molecular flexibility index (Phi) is 4.33. The molecule has 3 aliphatic rings. The van der Waals surface area contributed by atoms with Crippen LogP contribution in [0.1, 0.15) is 85.5 Å². The van der Waals surface area contributed by atoms with Crippen molar-refractivity contribution >= 4 is 5.97 Å². The zero-order valence-corrected chi connectivity index (χ0v) is 15.0. The second-order valence-electron chi connectivity index (χ2n) is 9.11. The molecule has 3 saturated carbocycles. The molecule has 0 aromatic heterocycles. The van der Waals surface area contributed by atoms with Gasteiger partial charge in [0.2, 0.25) is 0 Å². The molecule has 126 valence electrons. The maximum atomic E-state index is 12.6. The van der Waals surface area contributed by atoms with Crippen molar-refractivity contribution in [3.8, 4) is 0 Å². The van der Waals surface area contributed by atoms with Crippen LogP contribution in [0.5, 0.6) is 0 Å². The van der Waals surface area contributed by atoms with E-state index < -0.39 is 0 Å². The van der Waals surface area contributed by atoms with Crippen molar-refractivity contribution in [2.45, 2.75) is 91.6 Å². The summed E-state index contributed by atoms with van der Waals surface area (Å²) in [6.07, 6.45) is 11.0. The third-order valence-corrected chi connectivity index (χ3v) is 7.73. The summed E-state index contributed by atoms with van der Waals surface area (Å²) in [7, 11) is 0. The summed E-state index contributed by atoms with van der Waals surface area (Å²) >= 11 is 0. The molecule has 0 amide bonds. The minimum atomic E-state index is 0.117. The van der Waals surface area contributed by atoms with Gasteiger partial charge in [-0.15, -0.1) is 0 Å². The first kappa shape index (κ1) is 16.3. The average Bonchev–Trinajstić information content (AvgIpc) is 2.80. The Morgan fingerprint density at radius 1 is 1.09 bits per heavy atom. The van der Waals surface area contributed by atoms with E-state index in [1.807, 2.05) is 0 Å². The fourth-order valence-electron chi connectivity index (χ4n) is 5.67. The molecule has 0 radical (unpaired) electrons. The number of carbonyl (C=O) groups excluding carboxylic acids is 1. The molecule has 0 aromatic carbocycles. The summed E-state index contributed by atoms with van der Waals surface area (Å²) < 4.78 is 6.04. The van der Waals surface area contributed by atoms with Crippen LogP contribution in [0.15, 0.2) is 0 Å². The summed E-state index contributed by atoms with van der Waals surface area (Å²) in [5.41, 5.74) is 0.706. The third kappa shape index (κ3) is 2.61. The van der Waals surface area contributed by atoms with Crippen LogP contribution in [0.3, 0.4) is 0 Å². The van der Waals surface area contributed by atoms with E-state index in [-0.39, 0.29) is 18.0 Å². The second kappa shape index (κ2) is 5.83. The van der Waals surface area contributed by atoms with Crippen molar-refractivity contribution in [2.75, 3.05) is 0 Å². The summed E-state index contributed by atoms with van der Waals surface area (Å²) in [5.74, 6) is 1.74. The van der Waals surface area contributed by atoms with Gasteiger partial charge in [0.1, 0.15) is 6.10 Å². The van der Waals surface area contributed by atoms with Crippen molar-refractivity contribution < 1.29 is 9.53 Å². The monoisotopic (exact) mass is 306 g/mol. The first-order valence-electron chi connectivity index (χ1n) is 9.58. The summed E-state index contributed by atoms with van der Waals surface area (Å²) in [6, 6.07) is 0. The average molecular weight is 306 g/mol. The molecule has 0 N–H and O–H groups in total. The molecule has 0 saturated heterocycles. The minimum Gasteiger partial charge on any atom is -0.462 e. The van der Waals surface area contributed by atoms with Gasteiger partial charge in [0.25, 0.3) is 0 Å². The summed E-state index contributed by atoms with van der Waals surface area (Å²) in [6.45, 7) is 9.43. The van der Waals surface area contributed by atoms with Crippen LogP contribution in [-0.4, -0.2) is 12.1 Å². The maximum Gasteiger partial charge on any atom is 0.309 e. The zero-order chi connectivity index (χ0) is 16.0. The van der Waals surface area contributed by atoms with Crippen LogP contribution in [0, 0.1) is 28.6 Å². The molecular formula is C20H34O2. The second-order valence-corrected chi connectivity index (χ2v) is 9.11. The molecule has 3 aliphatic carbocycles. The maximum absolute atomic E-state index is 12.6. The number of rotatable bonds is 4. The lowest BCUT2D eigenvalue weighted by molar-refractivity contribution is -0.158. The zero-order valence-electron chi connectivity index (χ0n) is 15.0. The number of carbonyl (C=O) groups is 1. The Hall–Kier alpha value is -0.530. The Labute approximate surface area is 136 Å². The predicted octanol–water partition coefficient (Wildman–Crippen LogP) is 5.35. The SMILES string of the molecule is CCCC1CCC(C(=O)OC2CC3(C)CCC2C3(C)C)CC1. The van der Waals surface area contributed by atoms with E-state index in [9.17, 15) is 4.79 Å². The lowest BCUT2D eigenvalue weighted by atomic mass is 9.71. The van der Waals surface area contributed by atoms with E-state index in [0.717, 1.165) is 25.2 Å². The van der Waals surface area contributed by atoms with Crippen molar-refractivity contribution in [2.24, 2.45) is 28.6 Å². The topological polar surface area (TPSA) is 26.3 Å². The molecule has 2 heteroatoms. The Bertz CT molecular complexity index is 417. The van der Waals surface area contributed by atoms with Crippen LogP contribution in [0.2, 0.25) is 0 Å². The Morgan fingerprint density at radius 2 is 1.77 bits per heavy atom. The van der Waals surface area contributed by atoms with E-state index in [1.165, 1.54) is 38.5 Å². The lowest BCUT2D eigenvalue weighted by Crippen LogP contribution is -2.31. The first-order valence-corrected chi connectivity index (χ1v) is 9.58. The molecular weight excluding hydrogens is 272 g/mol. The molecule has 2 nitrogen and oxygen atoms in total. The van der Waals surface area contributed by atoms with E-state index in [2.05, 4.69) is 27.7 Å². The fourth-order valence-corrected chi connectivity index (χ4v) is 5.67. The molecule has 2 bridgehead atoms. The third-order valence-electron chi connectivity index (χ3n) is 7.73. The number of fused-ring (bicyclic) bond motifs is 2. The lowest BCUT2D eigenvalue weighted by Gasteiger charge is -2.33. The van der Waals surface area contributed by atoms with Gasteiger partial charge in [-0.25, -0.2) is 0 Å². The van der Waals surface area contributed by atoms with Gasteiger partial charge in [-0.2, -0.15) is 0 Å². The van der Waals surface area contributed by atoms with Crippen molar-refractivity contribution in [3.05, 3.63) is 0 Å². The van der Waals surface area contributed by atoms with Crippen LogP contribution in [0.4, 0.5) is 0 Å². The summed E-state index contributed by atoms with van der Waals surface area (Å²) in [5, 5.41) is 0. The molecule has 3 fully saturated rings. The van der Waals surface area contributed by atoms with Crippen LogP contribution in [-0.2, 0) is 9.53 Å². The largest absolute Gasteiger partial charge is 0.462 e. The highest BCUT2D eigenvalue weighted by Crippen LogP contribution is 2.66. The van der Waals surface area contributed by atoms with Crippen molar-refractivity contribution in [1.82, 2.24) is 0 Å². The van der Waals surface area contributed by atoms with Gasteiger partial charge < -0.3 is 4.74 Å². The summed E-state index contributed by atoms with van der Waals surface area (Å²) in [4.78, 5) is 12.6. The highest BCUT2D eigenvalue weighted by atomic mass is 16.5. The van der Waals surface area contributed by atoms with E-state index in [1.54, 1.807) is 0 Å². The molecule has 3 rings (SSSR count).